The van der Waals surface area contributed by atoms with E-state index in [2.05, 4.69) is 0 Å². The summed E-state index contributed by atoms with van der Waals surface area (Å²) >= 11 is 1.86. The number of ether oxygens (including phenoxy) is 1. The molecule has 0 bridgehead atoms. The molecule has 0 heterocycles. The number of nitrogen functional groups attached to an aromatic ring is 1. The number of nitriles is 1. The minimum absolute atomic E-state index is 0.262. The molecule has 0 radical (unpaired) electrons. The van der Waals surface area contributed by atoms with Crippen molar-refractivity contribution in [2.75, 3.05) is 5.73 Å². The van der Waals surface area contributed by atoms with Crippen molar-refractivity contribution in [1.82, 2.24) is 0 Å². The Hall–Kier alpha value is -1.81. The second-order valence-electron chi connectivity index (χ2n) is 3.54. The fourth-order valence-corrected chi connectivity index (χ4v) is 1.85. The van der Waals surface area contributed by atoms with E-state index in [4.69, 9.17) is 15.7 Å². The minimum atomic E-state index is -0.381. The molecule has 0 amide bonds. The molecule has 2 N–H and O–H groups in total. The van der Waals surface area contributed by atoms with Crippen molar-refractivity contribution in [2.24, 2.45) is 0 Å². The summed E-state index contributed by atoms with van der Waals surface area (Å²) in [6.07, 6.45) is 0. The monoisotopic (exact) mass is 354 g/mol. The Labute approximate surface area is 117 Å². The average molecular weight is 354 g/mol. The Bertz CT molecular complexity index is 620. The molecule has 0 aliphatic carbocycles. The van der Waals surface area contributed by atoms with Crippen LogP contribution >= 0.6 is 22.6 Å². The van der Waals surface area contributed by atoms with E-state index >= 15 is 0 Å². The quantitative estimate of drug-likeness (QED) is 0.661. The fourth-order valence-electron chi connectivity index (χ4n) is 1.36. The van der Waals surface area contributed by atoms with Crippen molar-refractivity contribution in [2.45, 2.75) is 0 Å². The molecule has 3 nitrogen and oxygen atoms in total. The lowest BCUT2D eigenvalue weighted by Gasteiger charge is -2.09. The molecule has 0 saturated carbocycles. The van der Waals surface area contributed by atoms with Gasteiger partial charge >= 0.3 is 0 Å². The molecule has 0 unspecified atom stereocenters. The largest absolute Gasteiger partial charge is 0.455 e. The number of benzene rings is 2. The van der Waals surface area contributed by atoms with Gasteiger partial charge in [-0.05, 0) is 52.9 Å². The Kier molecular flexibility index (Phi) is 3.67. The van der Waals surface area contributed by atoms with E-state index in [1.807, 2.05) is 28.7 Å². The van der Waals surface area contributed by atoms with Crippen LogP contribution in [0.3, 0.4) is 0 Å². The van der Waals surface area contributed by atoms with Gasteiger partial charge in [0.25, 0.3) is 0 Å². The summed E-state index contributed by atoms with van der Waals surface area (Å²) < 4.78 is 19.3. The highest BCUT2D eigenvalue weighted by Gasteiger charge is 2.08. The molecular weight excluding hydrogens is 346 g/mol. The Morgan fingerprint density at radius 3 is 2.50 bits per heavy atom. The zero-order chi connectivity index (χ0) is 13.1. The van der Waals surface area contributed by atoms with Gasteiger partial charge in [0.05, 0.1) is 20.9 Å². The lowest BCUT2D eigenvalue weighted by Crippen LogP contribution is -1.95. The number of rotatable bonds is 2. The maximum atomic E-state index is 13.4. The molecule has 0 fully saturated rings. The molecule has 5 heteroatoms. The summed E-state index contributed by atoms with van der Waals surface area (Å²) in [6, 6.07) is 11.3. The van der Waals surface area contributed by atoms with Gasteiger partial charge in [-0.2, -0.15) is 5.26 Å². The summed E-state index contributed by atoms with van der Waals surface area (Å²) in [5.74, 6) is 0.382. The molecule has 2 aromatic carbocycles. The number of hydrogen-bond acceptors (Lipinski definition) is 3. The molecule has 0 aliphatic heterocycles. The molecule has 90 valence electrons. The first-order valence-electron chi connectivity index (χ1n) is 5.02. The Balaban J connectivity index is 2.28. The lowest BCUT2D eigenvalue weighted by atomic mass is 10.2. The van der Waals surface area contributed by atoms with Crippen LogP contribution in [0.2, 0.25) is 0 Å². The predicted molar refractivity (Wildman–Crippen MR) is 74.8 cm³/mol. The van der Waals surface area contributed by atoms with E-state index in [1.54, 1.807) is 24.3 Å². The molecule has 0 aromatic heterocycles. The number of anilines is 1. The molecule has 2 aromatic rings. The third-order valence-corrected chi connectivity index (χ3v) is 3.09. The zero-order valence-electron chi connectivity index (χ0n) is 9.15. The third-order valence-electron chi connectivity index (χ3n) is 2.26. The Morgan fingerprint density at radius 2 is 1.89 bits per heavy atom. The van der Waals surface area contributed by atoms with Gasteiger partial charge < -0.3 is 10.5 Å². The van der Waals surface area contributed by atoms with Gasteiger partial charge in [0.2, 0.25) is 0 Å². The standard InChI is InChI=1S/C13H8FIN2O/c14-10-5-13(12(17)6-11(10)15)18-9-3-1-8(7-16)2-4-9/h1-6H,17H2. The van der Waals surface area contributed by atoms with Crippen molar-refractivity contribution in [3.63, 3.8) is 0 Å². The summed E-state index contributed by atoms with van der Waals surface area (Å²) in [5.41, 5.74) is 6.64. The maximum Gasteiger partial charge on any atom is 0.153 e. The minimum Gasteiger partial charge on any atom is -0.455 e. The van der Waals surface area contributed by atoms with Crippen LogP contribution in [0.15, 0.2) is 36.4 Å². The van der Waals surface area contributed by atoms with Crippen molar-refractivity contribution >= 4 is 28.3 Å². The van der Waals surface area contributed by atoms with Crippen LogP contribution in [0.5, 0.6) is 11.5 Å². The van der Waals surface area contributed by atoms with E-state index in [0.717, 1.165) is 0 Å². The van der Waals surface area contributed by atoms with Crippen LogP contribution in [0.4, 0.5) is 10.1 Å². The lowest BCUT2D eigenvalue weighted by molar-refractivity contribution is 0.478. The first-order chi connectivity index (χ1) is 8.60. The van der Waals surface area contributed by atoms with Crippen LogP contribution in [-0.2, 0) is 0 Å². The highest BCUT2D eigenvalue weighted by molar-refractivity contribution is 14.1. The van der Waals surface area contributed by atoms with E-state index in [1.165, 1.54) is 12.1 Å². The second kappa shape index (κ2) is 5.23. The van der Waals surface area contributed by atoms with Crippen molar-refractivity contribution in [3.8, 4) is 17.6 Å². The highest BCUT2D eigenvalue weighted by atomic mass is 127. The van der Waals surface area contributed by atoms with Crippen LogP contribution in [0.25, 0.3) is 0 Å². The number of halogens is 2. The maximum absolute atomic E-state index is 13.4. The molecule has 0 atom stereocenters. The van der Waals surface area contributed by atoms with Gasteiger partial charge in [0.1, 0.15) is 11.6 Å². The van der Waals surface area contributed by atoms with E-state index in [9.17, 15) is 4.39 Å². The van der Waals surface area contributed by atoms with Crippen LogP contribution < -0.4 is 10.5 Å². The molecule has 0 aliphatic rings. The number of nitrogens with two attached hydrogens (primary N) is 1. The average Bonchev–Trinajstić information content (AvgIpc) is 2.37. The fraction of sp³-hybridized carbons (Fsp3) is 0. The van der Waals surface area contributed by atoms with Crippen LogP contribution in [0, 0.1) is 20.7 Å². The molecule has 2 rings (SSSR count). The summed E-state index contributed by atoms with van der Waals surface area (Å²) in [7, 11) is 0. The third kappa shape index (κ3) is 2.71. The van der Waals surface area contributed by atoms with Gasteiger partial charge in [0, 0.05) is 6.07 Å². The zero-order valence-corrected chi connectivity index (χ0v) is 11.3. The van der Waals surface area contributed by atoms with Gasteiger partial charge in [-0.25, -0.2) is 4.39 Å². The molecular formula is C13H8FIN2O. The second-order valence-corrected chi connectivity index (χ2v) is 4.70. The van der Waals surface area contributed by atoms with Gasteiger partial charge in [-0.15, -0.1) is 0 Å². The normalized spacial score (nSPS) is 9.83. The summed E-state index contributed by atoms with van der Waals surface area (Å²) in [4.78, 5) is 0. The first-order valence-corrected chi connectivity index (χ1v) is 6.10. The van der Waals surface area contributed by atoms with E-state index in [0.29, 0.717) is 20.6 Å². The summed E-state index contributed by atoms with van der Waals surface area (Å²) in [5, 5.41) is 8.67. The topological polar surface area (TPSA) is 59.0 Å². The van der Waals surface area contributed by atoms with Gasteiger partial charge in [-0.1, -0.05) is 0 Å². The van der Waals surface area contributed by atoms with Crippen LogP contribution in [0.1, 0.15) is 5.56 Å². The molecule has 0 spiro atoms. The smallest absolute Gasteiger partial charge is 0.153 e. The van der Waals surface area contributed by atoms with Gasteiger partial charge in [-0.3, -0.25) is 0 Å². The highest BCUT2D eigenvalue weighted by Crippen LogP contribution is 2.30. The molecule has 0 saturated heterocycles. The van der Waals surface area contributed by atoms with Crippen molar-refractivity contribution in [3.05, 3.63) is 51.3 Å². The predicted octanol–water partition coefficient (Wildman–Crippen LogP) is 3.68. The SMILES string of the molecule is N#Cc1ccc(Oc2cc(F)c(I)cc2N)cc1. The van der Waals surface area contributed by atoms with Crippen molar-refractivity contribution in [1.29, 1.82) is 5.26 Å². The Morgan fingerprint density at radius 1 is 1.22 bits per heavy atom. The van der Waals surface area contributed by atoms with Crippen LogP contribution in [-0.4, -0.2) is 0 Å². The first kappa shape index (κ1) is 12.6. The van der Waals surface area contributed by atoms with Crippen molar-refractivity contribution < 1.29 is 9.13 Å². The number of nitrogens with zero attached hydrogens (tertiary/aromatic N) is 1. The van der Waals surface area contributed by atoms with E-state index < -0.39 is 0 Å². The van der Waals surface area contributed by atoms with E-state index in [-0.39, 0.29) is 11.6 Å². The van der Waals surface area contributed by atoms with Gasteiger partial charge in [0.15, 0.2) is 5.75 Å². The summed E-state index contributed by atoms with van der Waals surface area (Å²) in [6.45, 7) is 0. The molecule has 18 heavy (non-hydrogen) atoms. The number of hydrogen-bond donors (Lipinski definition) is 1.